The average Bonchev–Trinajstić information content (AvgIpc) is 2.90. The van der Waals surface area contributed by atoms with Crippen molar-refractivity contribution < 1.29 is 13.9 Å². The molecule has 1 aliphatic rings. The van der Waals surface area contributed by atoms with E-state index in [9.17, 15) is 4.79 Å². The highest BCUT2D eigenvalue weighted by atomic mass is 16.5. The predicted octanol–water partition coefficient (Wildman–Crippen LogP) is 3.38. The lowest BCUT2D eigenvalue weighted by atomic mass is 9.90. The number of hydrogen-bond acceptors (Lipinski definition) is 4. The largest absolute Gasteiger partial charge is 0.497 e. The van der Waals surface area contributed by atoms with Gasteiger partial charge in [0.15, 0.2) is 0 Å². The number of hydrogen-bond donors (Lipinski definition) is 1. The molecule has 5 nitrogen and oxygen atoms in total. The molecule has 0 saturated heterocycles. The van der Waals surface area contributed by atoms with E-state index >= 15 is 0 Å². The molecule has 23 heavy (non-hydrogen) atoms. The van der Waals surface area contributed by atoms with Crippen LogP contribution in [0.3, 0.4) is 0 Å². The number of aryl methyl sites for hydroxylation is 3. The number of benzene rings is 1. The Labute approximate surface area is 135 Å². The maximum atomic E-state index is 12.2. The molecular weight excluding hydrogens is 292 g/mol. The Morgan fingerprint density at radius 2 is 2.09 bits per heavy atom. The fraction of sp³-hybridized carbons (Fsp3) is 0.333. The smallest absolute Gasteiger partial charge is 0.274 e. The minimum Gasteiger partial charge on any atom is -0.497 e. The summed E-state index contributed by atoms with van der Waals surface area (Å²) in [7, 11) is 1.66. The Hall–Kier alpha value is -2.56. The molecule has 1 amide bonds. The molecule has 0 atom stereocenters. The van der Waals surface area contributed by atoms with E-state index in [1.807, 2.05) is 25.1 Å². The van der Waals surface area contributed by atoms with Gasteiger partial charge in [0, 0.05) is 5.56 Å². The first-order chi connectivity index (χ1) is 11.1. The van der Waals surface area contributed by atoms with Crippen molar-refractivity contribution in [1.82, 2.24) is 5.43 Å². The molecule has 1 N–H and O–H groups in total. The van der Waals surface area contributed by atoms with Gasteiger partial charge in [0.2, 0.25) is 0 Å². The van der Waals surface area contributed by atoms with Gasteiger partial charge in [-0.1, -0.05) is 0 Å². The van der Waals surface area contributed by atoms with E-state index in [4.69, 9.17) is 9.15 Å². The van der Waals surface area contributed by atoms with Gasteiger partial charge >= 0.3 is 0 Å². The molecule has 1 heterocycles. The van der Waals surface area contributed by atoms with Crippen molar-refractivity contribution in [2.75, 3.05) is 7.11 Å². The van der Waals surface area contributed by atoms with E-state index in [1.54, 1.807) is 20.1 Å². The summed E-state index contributed by atoms with van der Waals surface area (Å²) < 4.78 is 10.7. The summed E-state index contributed by atoms with van der Waals surface area (Å²) in [6, 6.07) is 7.69. The van der Waals surface area contributed by atoms with Crippen LogP contribution in [-0.4, -0.2) is 18.7 Å². The fourth-order valence-electron chi connectivity index (χ4n) is 2.92. The Morgan fingerprint density at radius 1 is 1.26 bits per heavy atom. The van der Waals surface area contributed by atoms with Crippen LogP contribution in [0.4, 0.5) is 0 Å². The fourth-order valence-corrected chi connectivity index (χ4v) is 2.92. The topological polar surface area (TPSA) is 63.8 Å². The number of nitrogens with zero attached hydrogens (tertiary/aromatic N) is 1. The average molecular weight is 312 g/mol. The molecule has 3 rings (SSSR count). The van der Waals surface area contributed by atoms with Crippen LogP contribution in [0.15, 0.2) is 33.8 Å². The highest BCUT2D eigenvalue weighted by molar-refractivity contribution is 6.04. The number of carbonyl (C=O) groups is 1. The summed E-state index contributed by atoms with van der Waals surface area (Å²) in [4.78, 5) is 12.2. The van der Waals surface area contributed by atoms with E-state index in [0.717, 1.165) is 42.0 Å². The molecule has 0 bridgehead atoms. The van der Waals surface area contributed by atoms with Crippen molar-refractivity contribution in [3.05, 3.63) is 52.5 Å². The van der Waals surface area contributed by atoms with Crippen molar-refractivity contribution in [2.45, 2.75) is 33.1 Å². The molecule has 0 spiro atoms. The van der Waals surface area contributed by atoms with Gasteiger partial charge < -0.3 is 9.15 Å². The first kappa shape index (κ1) is 15.3. The third kappa shape index (κ3) is 3.13. The number of amides is 1. The Balaban J connectivity index is 1.82. The first-order valence-corrected chi connectivity index (χ1v) is 7.69. The zero-order chi connectivity index (χ0) is 16.4. The number of nitrogens with one attached hydrogen (secondary N) is 1. The molecule has 1 aromatic carbocycles. The molecule has 0 unspecified atom stereocenters. The quantitative estimate of drug-likeness (QED) is 0.884. The summed E-state index contributed by atoms with van der Waals surface area (Å²) in [5.74, 6) is 1.93. The Morgan fingerprint density at radius 3 is 2.78 bits per heavy atom. The molecule has 2 aromatic rings. The van der Waals surface area contributed by atoms with Gasteiger partial charge in [0.25, 0.3) is 5.91 Å². The first-order valence-electron chi connectivity index (χ1n) is 7.69. The summed E-state index contributed by atoms with van der Waals surface area (Å²) in [6.07, 6.45) is 2.86. The molecule has 5 heteroatoms. The normalized spacial score (nSPS) is 15.3. The van der Waals surface area contributed by atoms with Crippen molar-refractivity contribution in [1.29, 1.82) is 0 Å². The zero-order valence-electron chi connectivity index (χ0n) is 13.6. The highest BCUT2D eigenvalue weighted by Crippen LogP contribution is 2.25. The van der Waals surface area contributed by atoms with E-state index in [2.05, 4.69) is 10.5 Å². The number of ether oxygens (including phenoxy) is 1. The Kier molecular flexibility index (Phi) is 4.19. The minimum absolute atomic E-state index is 0.243. The van der Waals surface area contributed by atoms with Crippen LogP contribution in [0, 0.1) is 13.8 Å². The molecule has 0 fully saturated rings. The lowest BCUT2D eigenvalue weighted by Gasteiger charge is -2.18. The van der Waals surface area contributed by atoms with E-state index in [-0.39, 0.29) is 5.91 Å². The van der Waals surface area contributed by atoms with Gasteiger partial charge in [-0.25, -0.2) is 5.43 Å². The lowest BCUT2D eigenvalue weighted by molar-refractivity contribution is 0.0953. The van der Waals surface area contributed by atoms with Crippen LogP contribution in [0.2, 0.25) is 0 Å². The second kappa shape index (κ2) is 6.28. The molecule has 0 radical (unpaired) electrons. The predicted molar refractivity (Wildman–Crippen MR) is 88.1 cm³/mol. The van der Waals surface area contributed by atoms with Crippen molar-refractivity contribution >= 4 is 11.6 Å². The van der Waals surface area contributed by atoms with Crippen LogP contribution >= 0.6 is 0 Å². The number of carbonyl (C=O) groups excluding carboxylic acids is 1. The van der Waals surface area contributed by atoms with Crippen LogP contribution < -0.4 is 10.2 Å². The van der Waals surface area contributed by atoms with Gasteiger partial charge in [-0.3, -0.25) is 4.79 Å². The number of fused-ring (bicyclic) bond motifs is 1. The third-order valence-corrected chi connectivity index (χ3v) is 4.06. The van der Waals surface area contributed by atoms with E-state index in [1.165, 1.54) is 5.56 Å². The molecule has 0 saturated carbocycles. The number of hydrazone groups is 1. The Bertz CT molecular complexity index is 775. The van der Waals surface area contributed by atoms with Gasteiger partial charge in [0.1, 0.15) is 17.3 Å². The summed E-state index contributed by atoms with van der Waals surface area (Å²) in [6.45, 7) is 3.59. The summed E-state index contributed by atoms with van der Waals surface area (Å²) in [5, 5.41) is 4.34. The van der Waals surface area contributed by atoms with Crippen molar-refractivity contribution in [3.8, 4) is 5.75 Å². The SMILES string of the molecule is COc1ccc2c(c1)CCC/C2=N/NC(=O)c1cc(C)oc1C. The van der Waals surface area contributed by atoms with Crippen LogP contribution in [0.5, 0.6) is 5.75 Å². The highest BCUT2D eigenvalue weighted by Gasteiger charge is 2.18. The number of furan rings is 1. The summed E-state index contributed by atoms with van der Waals surface area (Å²) >= 11 is 0. The van der Waals surface area contributed by atoms with Crippen LogP contribution in [0.1, 0.15) is 45.8 Å². The van der Waals surface area contributed by atoms with E-state index in [0.29, 0.717) is 11.3 Å². The molecule has 120 valence electrons. The molecule has 1 aromatic heterocycles. The maximum absolute atomic E-state index is 12.2. The van der Waals surface area contributed by atoms with Crippen molar-refractivity contribution in [2.24, 2.45) is 5.10 Å². The number of methoxy groups -OCH3 is 1. The second-order valence-corrected chi connectivity index (χ2v) is 5.70. The van der Waals surface area contributed by atoms with Gasteiger partial charge in [-0.15, -0.1) is 0 Å². The molecular formula is C18H20N2O3. The van der Waals surface area contributed by atoms with Crippen molar-refractivity contribution in [3.63, 3.8) is 0 Å². The summed E-state index contributed by atoms with van der Waals surface area (Å²) in [5.41, 5.74) is 6.37. The number of rotatable bonds is 3. The van der Waals surface area contributed by atoms with Gasteiger partial charge in [-0.05, 0) is 62.9 Å². The standard InChI is InChI=1S/C18H20N2O3/c1-11-9-16(12(2)23-11)18(21)20-19-17-6-4-5-13-10-14(22-3)7-8-15(13)17/h7-10H,4-6H2,1-3H3,(H,20,21)/b19-17-. The third-order valence-electron chi connectivity index (χ3n) is 4.06. The minimum atomic E-state index is -0.243. The second-order valence-electron chi connectivity index (χ2n) is 5.70. The van der Waals surface area contributed by atoms with Gasteiger partial charge in [0.05, 0.1) is 18.4 Å². The van der Waals surface area contributed by atoms with Crippen LogP contribution in [-0.2, 0) is 6.42 Å². The van der Waals surface area contributed by atoms with E-state index < -0.39 is 0 Å². The van der Waals surface area contributed by atoms with Crippen LogP contribution in [0.25, 0.3) is 0 Å². The maximum Gasteiger partial charge on any atom is 0.274 e. The molecule has 0 aliphatic heterocycles. The van der Waals surface area contributed by atoms with Gasteiger partial charge in [-0.2, -0.15) is 5.10 Å². The monoisotopic (exact) mass is 312 g/mol. The zero-order valence-corrected chi connectivity index (χ0v) is 13.6. The lowest BCUT2D eigenvalue weighted by Crippen LogP contribution is -2.22. The molecule has 1 aliphatic carbocycles.